The second-order valence-electron chi connectivity index (χ2n) is 6.05. The van der Waals surface area contributed by atoms with Gasteiger partial charge in [-0.15, -0.1) is 11.3 Å². The molecule has 10 heteroatoms. The molecule has 136 valence electrons. The SMILES string of the molecule is O=C(CC(F)(F)F)N1CCC(Cc2n[nH]c(=O)n2-c2cccs2)CC1. The van der Waals surface area contributed by atoms with Crippen molar-refractivity contribution in [3.63, 3.8) is 0 Å². The summed E-state index contributed by atoms with van der Waals surface area (Å²) in [5.74, 6) is -0.0995. The molecule has 2 aromatic heterocycles. The Balaban J connectivity index is 1.60. The molecule has 0 unspecified atom stereocenters. The van der Waals surface area contributed by atoms with Crippen molar-refractivity contribution in [3.05, 3.63) is 33.8 Å². The van der Waals surface area contributed by atoms with Crippen molar-refractivity contribution >= 4 is 17.2 Å². The fraction of sp³-hybridized carbons (Fsp3) is 0.533. The number of nitrogens with zero attached hydrogens (tertiary/aromatic N) is 3. The van der Waals surface area contributed by atoms with Crippen LogP contribution in [-0.4, -0.2) is 44.8 Å². The lowest BCUT2D eigenvalue weighted by atomic mass is 9.93. The maximum atomic E-state index is 12.3. The van der Waals surface area contributed by atoms with E-state index in [1.807, 2.05) is 17.5 Å². The Kier molecular flexibility index (Phi) is 4.98. The number of hydrogen-bond donors (Lipinski definition) is 1. The smallest absolute Gasteiger partial charge is 0.342 e. The minimum absolute atomic E-state index is 0.170. The third-order valence-corrected chi connectivity index (χ3v) is 5.11. The number of H-pyrrole nitrogens is 1. The highest BCUT2D eigenvalue weighted by molar-refractivity contribution is 7.12. The molecular weight excluding hydrogens is 357 g/mol. The van der Waals surface area contributed by atoms with Gasteiger partial charge in [0, 0.05) is 19.5 Å². The van der Waals surface area contributed by atoms with Gasteiger partial charge in [0.2, 0.25) is 5.91 Å². The van der Waals surface area contributed by atoms with E-state index < -0.39 is 18.5 Å². The zero-order chi connectivity index (χ0) is 18.0. The second-order valence-corrected chi connectivity index (χ2v) is 6.98. The van der Waals surface area contributed by atoms with Gasteiger partial charge in [-0.3, -0.25) is 4.79 Å². The normalized spacial score (nSPS) is 16.4. The lowest BCUT2D eigenvalue weighted by Gasteiger charge is -2.32. The Morgan fingerprint density at radius 3 is 2.68 bits per heavy atom. The molecule has 1 fully saturated rings. The fourth-order valence-electron chi connectivity index (χ4n) is 3.02. The van der Waals surface area contributed by atoms with Gasteiger partial charge in [-0.2, -0.15) is 18.3 Å². The molecule has 0 spiro atoms. The summed E-state index contributed by atoms with van der Waals surface area (Å²) in [6.45, 7) is 0.598. The van der Waals surface area contributed by atoms with Crippen LogP contribution in [0.25, 0.3) is 5.00 Å². The van der Waals surface area contributed by atoms with E-state index in [1.54, 1.807) is 0 Å². The molecule has 0 radical (unpaired) electrons. The van der Waals surface area contributed by atoms with Crippen LogP contribution in [0, 0.1) is 5.92 Å². The summed E-state index contributed by atoms with van der Waals surface area (Å²) in [4.78, 5) is 24.8. The molecule has 1 aliphatic heterocycles. The lowest BCUT2D eigenvalue weighted by Crippen LogP contribution is -2.40. The maximum absolute atomic E-state index is 12.3. The number of carbonyl (C=O) groups excluding carboxylic acids is 1. The molecular formula is C15H17F3N4O2S. The molecule has 0 saturated carbocycles. The Bertz CT molecular complexity index is 774. The number of carbonyl (C=O) groups is 1. The quantitative estimate of drug-likeness (QED) is 0.893. The Morgan fingerprint density at radius 2 is 2.08 bits per heavy atom. The summed E-state index contributed by atoms with van der Waals surface area (Å²) in [5, 5.41) is 9.15. The summed E-state index contributed by atoms with van der Waals surface area (Å²) in [7, 11) is 0. The molecule has 1 N–H and O–H groups in total. The first-order valence-electron chi connectivity index (χ1n) is 7.88. The number of nitrogens with one attached hydrogen (secondary N) is 1. The molecule has 0 aliphatic carbocycles. The van der Waals surface area contributed by atoms with Crippen molar-refractivity contribution in [2.24, 2.45) is 5.92 Å². The Labute approximate surface area is 145 Å². The monoisotopic (exact) mass is 374 g/mol. The fourth-order valence-corrected chi connectivity index (χ4v) is 3.77. The van der Waals surface area contributed by atoms with Crippen molar-refractivity contribution < 1.29 is 18.0 Å². The van der Waals surface area contributed by atoms with Gasteiger partial charge in [-0.1, -0.05) is 0 Å². The van der Waals surface area contributed by atoms with E-state index in [0.29, 0.717) is 38.2 Å². The van der Waals surface area contributed by atoms with Crippen molar-refractivity contribution in [2.45, 2.75) is 31.9 Å². The highest BCUT2D eigenvalue weighted by atomic mass is 32.1. The predicted octanol–water partition coefficient (Wildman–Crippen LogP) is 2.36. The van der Waals surface area contributed by atoms with Crippen LogP contribution in [0.4, 0.5) is 13.2 Å². The van der Waals surface area contributed by atoms with Crippen LogP contribution in [0.5, 0.6) is 0 Å². The Morgan fingerprint density at radius 1 is 1.36 bits per heavy atom. The number of hydrogen-bond acceptors (Lipinski definition) is 4. The number of alkyl halides is 3. The number of amides is 1. The van der Waals surface area contributed by atoms with Crippen molar-refractivity contribution in [3.8, 4) is 5.00 Å². The van der Waals surface area contributed by atoms with Crippen LogP contribution in [0.15, 0.2) is 22.3 Å². The van der Waals surface area contributed by atoms with E-state index >= 15 is 0 Å². The van der Waals surface area contributed by atoms with E-state index in [0.717, 1.165) is 5.00 Å². The van der Waals surface area contributed by atoms with Crippen LogP contribution in [0.1, 0.15) is 25.1 Å². The van der Waals surface area contributed by atoms with Crippen LogP contribution in [0.2, 0.25) is 0 Å². The number of piperidine rings is 1. The number of aromatic amines is 1. The number of thiophene rings is 1. The minimum Gasteiger partial charge on any atom is -0.342 e. The molecule has 0 atom stereocenters. The summed E-state index contributed by atoms with van der Waals surface area (Å²) < 4.78 is 38.5. The third-order valence-electron chi connectivity index (χ3n) is 4.26. The largest absolute Gasteiger partial charge is 0.397 e. The van der Waals surface area contributed by atoms with Gasteiger partial charge in [0.05, 0.1) is 0 Å². The molecule has 6 nitrogen and oxygen atoms in total. The number of aromatic nitrogens is 3. The van der Waals surface area contributed by atoms with E-state index in [-0.39, 0.29) is 11.6 Å². The summed E-state index contributed by atoms with van der Waals surface area (Å²) >= 11 is 1.42. The van der Waals surface area contributed by atoms with E-state index in [2.05, 4.69) is 10.2 Å². The van der Waals surface area contributed by atoms with Crippen LogP contribution in [-0.2, 0) is 11.2 Å². The second kappa shape index (κ2) is 7.03. The van der Waals surface area contributed by atoms with E-state index in [1.165, 1.54) is 20.8 Å². The molecule has 3 rings (SSSR count). The van der Waals surface area contributed by atoms with Gasteiger partial charge in [-0.25, -0.2) is 14.5 Å². The van der Waals surface area contributed by atoms with Crippen molar-refractivity contribution in [2.75, 3.05) is 13.1 Å². The minimum atomic E-state index is -4.47. The Hall–Kier alpha value is -2.10. The van der Waals surface area contributed by atoms with Gasteiger partial charge < -0.3 is 4.90 Å². The third kappa shape index (κ3) is 4.30. The molecule has 25 heavy (non-hydrogen) atoms. The van der Waals surface area contributed by atoms with Crippen molar-refractivity contribution in [1.29, 1.82) is 0 Å². The molecule has 1 saturated heterocycles. The van der Waals surface area contributed by atoms with Crippen molar-refractivity contribution in [1.82, 2.24) is 19.7 Å². The zero-order valence-corrected chi connectivity index (χ0v) is 14.1. The topological polar surface area (TPSA) is 71.0 Å². The average Bonchev–Trinajstić information content (AvgIpc) is 3.16. The van der Waals surface area contributed by atoms with Crippen LogP contribution in [0.3, 0.4) is 0 Å². The molecule has 1 amide bonds. The summed E-state index contributed by atoms with van der Waals surface area (Å²) in [5.41, 5.74) is -0.310. The first-order chi connectivity index (χ1) is 11.8. The first kappa shape index (κ1) is 17.7. The number of halogens is 3. The number of likely N-dealkylation sites (tertiary alicyclic amines) is 1. The lowest BCUT2D eigenvalue weighted by molar-refractivity contribution is -0.162. The van der Waals surface area contributed by atoms with Gasteiger partial charge >= 0.3 is 11.9 Å². The molecule has 0 aromatic carbocycles. The molecule has 2 aromatic rings. The van der Waals surface area contributed by atoms with Crippen LogP contribution < -0.4 is 5.69 Å². The van der Waals surface area contributed by atoms with Gasteiger partial charge in [0.15, 0.2) is 0 Å². The van der Waals surface area contributed by atoms with Crippen LogP contribution >= 0.6 is 11.3 Å². The molecule has 1 aliphatic rings. The predicted molar refractivity (Wildman–Crippen MR) is 85.7 cm³/mol. The number of rotatable bonds is 4. The zero-order valence-electron chi connectivity index (χ0n) is 13.3. The van der Waals surface area contributed by atoms with E-state index in [9.17, 15) is 22.8 Å². The molecule has 3 heterocycles. The van der Waals surface area contributed by atoms with Gasteiger partial charge in [0.1, 0.15) is 17.2 Å². The highest BCUT2D eigenvalue weighted by Gasteiger charge is 2.34. The highest BCUT2D eigenvalue weighted by Crippen LogP contribution is 2.25. The maximum Gasteiger partial charge on any atom is 0.397 e. The van der Waals surface area contributed by atoms with Gasteiger partial charge in [-0.05, 0) is 36.3 Å². The summed E-state index contributed by atoms with van der Waals surface area (Å²) in [6.07, 6.45) is -4.16. The van der Waals surface area contributed by atoms with E-state index in [4.69, 9.17) is 0 Å². The average molecular weight is 374 g/mol. The standard InChI is InChI=1S/C15H17F3N4O2S/c16-15(17,18)9-12(23)21-5-3-10(4-6-21)8-11-19-20-14(24)22(11)13-2-1-7-25-13/h1-2,7,10H,3-6,8-9H2,(H,20,24). The molecule has 0 bridgehead atoms. The first-order valence-corrected chi connectivity index (χ1v) is 8.76. The summed E-state index contributed by atoms with van der Waals surface area (Å²) in [6, 6.07) is 3.66. The van der Waals surface area contributed by atoms with Gasteiger partial charge in [0.25, 0.3) is 0 Å².